The number of nitrogens with two attached hydrogens (primary N) is 1. The lowest BCUT2D eigenvalue weighted by Gasteiger charge is -2.15. The second-order valence-corrected chi connectivity index (χ2v) is 7.88. The van der Waals surface area contributed by atoms with Crippen LogP contribution in [0.25, 0.3) is 0 Å². The fourth-order valence-corrected chi connectivity index (χ4v) is 3.08. The van der Waals surface area contributed by atoms with Crippen LogP contribution in [0.5, 0.6) is 0 Å². The molecule has 26 heavy (non-hydrogen) atoms. The van der Waals surface area contributed by atoms with E-state index >= 15 is 0 Å². The van der Waals surface area contributed by atoms with Crippen molar-refractivity contribution in [2.24, 2.45) is 11.7 Å². The lowest BCUT2D eigenvalue weighted by molar-refractivity contribution is -0.125. The smallest absolute Gasteiger partial charge is 0.243 e. The number of rotatable bonds is 9. The van der Waals surface area contributed by atoms with Crippen molar-refractivity contribution in [3.8, 4) is 0 Å². The highest BCUT2D eigenvalue weighted by Gasteiger charge is 2.17. The van der Waals surface area contributed by atoms with Crippen molar-refractivity contribution in [2.45, 2.75) is 33.2 Å². The molecule has 8 nitrogen and oxygen atoms in total. The number of halogens is 1. The third-order valence-corrected chi connectivity index (χ3v) is 4.83. The van der Waals surface area contributed by atoms with E-state index in [2.05, 4.69) is 15.4 Å². The summed E-state index contributed by atoms with van der Waals surface area (Å²) in [7, 11) is -3.40. The molecule has 1 aromatic rings. The molecule has 0 saturated heterocycles. The normalized spacial score (nSPS) is 12.0. The van der Waals surface area contributed by atoms with Crippen LogP contribution in [0.4, 0.5) is 11.4 Å². The highest BCUT2D eigenvalue weighted by Crippen LogP contribution is 2.16. The average Bonchev–Trinajstić information content (AvgIpc) is 2.51. The fraction of sp³-hybridized carbons (Fsp3) is 0.500. The van der Waals surface area contributed by atoms with Gasteiger partial charge in [0.15, 0.2) is 0 Å². The third kappa shape index (κ3) is 8.50. The van der Waals surface area contributed by atoms with Crippen molar-refractivity contribution in [1.82, 2.24) is 5.32 Å². The zero-order valence-electron chi connectivity index (χ0n) is 15.1. The van der Waals surface area contributed by atoms with Crippen LogP contribution in [0.2, 0.25) is 0 Å². The number of nitrogens with one attached hydrogen (secondary N) is 3. The van der Waals surface area contributed by atoms with Gasteiger partial charge in [0.05, 0.1) is 24.0 Å². The third-order valence-electron chi connectivity index (χ3n) is 3.34. The van der Waals surface area contributed by atoms with Crippen LogP contribution in [0.15, 0.2) is 24.3 Å². The molecule has 0 unspecified atom stereocenters. The van der Waals surface area contributed by atoms with Crippen LogP contribution < -0.4 is 21.1 Å². The number of carbonyl (C=O) groups excluding carboxylic acids is 2. The van der Waals surface area contributed by atoms with E-state index in [0.717, 1.165) is 0 Å². The largest absolute Gasteiger partial charge is 0.346 e. The zero-order chi connectivity index (χ0) is 19.0. The van der Waals surface area contributed by atoms with Gasteiger partial charge in [-0.25, -0.2) is 8.42 Å². The van der Waals surface area contributed by atoms with Gasteiger partial charge in [0.25, 0.3) is 0 Å². The Bertz CT molecular complexity index is 710. The van der Waals surface area contributed by atoms with E-state index in [1.807, 2.05) is 13.8 Å². The van der Waals surface area contributed by atoms with Gasteiger partial charge < -0.3 is 16.4 Å². The summed E-state index contributed by atoms with van der Waals surface area (Å²) in [5, 5.41) is 5.06. The Morgan fingerprint density at radius 1 is 1.19 bits per heavy atom. The predicted molar refractivity (Wildman–Crippen MR) is 106 cm³/mol. The first-order chi connectivity index (χ1) is 11.6. The maximum Gasteiger partial charge on any atom is 0.243 e. The first-order valence-electron chi connectivity index (χ1n) is 8.08. The molecule has 0 saturated carbocycles. The molecule has 0 heterocycles. The molecule has 10 heteroatoms. The average molecular weight is 407 g/mol. The van der Waals surface area contributed by atoms with Gasteiger partial charge in [-0.3, -0.25) is 14.3 Å². The van der Waals surface area contributed by atoms with Crippen molar-refractivity contribution >= 4 is 45.6 Å². The van der Waals surface area contributed by atoms with Gasteiger partial charge in [-0.2, -0.15) is 0 Å². The summed E-state index contributed by atoms with van der Waals surface area (Å²) in [6, 6.07) is 5.66. The molecular formula is C16H27ClN4O4S. The molecule has 0 spiro atoms. The molecule has 0 aromatic heterocycles. The molecule has 0 aliphatic heterocycles. The Kier molecular flexibility index (Phi) is 10.2. The van der Waals surface area contributed by atoms with Crippen LogP contribution in [0.3, 0.4) is 0 Å². The van der Waals surface area contributed by atoms with E-state index < -0.39 is 27.9 Å². The van der Waals surface area contributed by atoms with Gasteiger partial charge in [-0.05, 0) is 30.5 Å². The Balaban J connectivity index is 0.00000625. The molecule has 148 valence electrons. The second-order valence-electron chi connectivity index (χ2n) is 6.04. The first-order valence-corrected chi connectivity index (χ1v) is 9.73. The van der Waals surface area contributed by atoms with E-state index in [9.17, 15) is 18.0 Å². The Hall–Kier alpha value is -1.84. The maximum absolute atomic E-state index is 11.9. The van der Waals surface area contributed by atoms with E-state index in [1.165, 1.54) is 6.07 Å². The number of amides is 2. The minimum atomic E-state index is -3.40. The molecule has 1 aromatic carbocycles. The molecule has 0 fully saturated rings. The summed E-state index contributed by atoms with van der Waals surface area (Å²) in [6.07, 6.45) is 0.504. The van der Waals surface area contributed by atoms with Gasteiger partial charge in [0.2, 0.25) is 21.8 Å². The van der Waals surface area contributed by atoms with Crippen molar-refractivity contribution in [3.05, 3.63) is 24.3 Å². The minimum Gasteiger partial charge on any atom is -0.346 e. The molecule has 0 bridgehead atoms. The van der Waals surface area contributed by atoms with Gasteiger partial charge in [-0.1, -0.05) is 26.8 Å². The molecule has 5 N–H and O–H groups in total. The maximum atomic E-state index is 11.9. The summed E-state index contributed by atoms with van der Waals surface area (Å²) < 4.78 is 26.0. The molecule has 1 rings (SSSR count). The van der Waals surface area contributed by atoms with Crippen LogP contribution in [-0.4, -0.2) is 38.6 Å². The topological polar surface area (TPSA) is 130 Å². The van der Waals surface area contributed by atoms with Gasteiger partial charge in [0.1, 0.15) is 0 Å². The summed E-state index contributed by atoms with van der Waals surface area (Å²) in [5.41, 5.74) is 6.47. The molecule has 1 atom stereocenters. The lowest BCUT2D eigenvalue weighted by Crippen LogP contribution is -2.46. The SMILES string of the molecule is CCCS(=O)(=O)Nc1cccc(NC(=O)CNC(=O)[C@@H](N)C(C)C)c1.Cl. The summed E-state index contributed by atoms with van der Waals surface area (Å²) in [5.74, 6) is -0.842. The lowest BCUT2D eigenvalue weighted by atomic mass is 10.1. The Morgan fingerprint density at radius 2 is 1.81 bits per heavy atom. The van der Waals surface area contributed by atoms with Crippen molar-refractivity contribution in [1.29, 1.82) is 0 Å². The number of sulfonamides is 1. The van der Waals surface area contributed by atoms with Crippen molar-refractivity contribution in [2.75, 3.05) is 22.3 Å². The predicted octanol–water partition coefficient (Wildman–Crippen LogP) is 1.30. The second kappa shape index (κ2) is 11.0. The van der Waals surface area contributed by atoms with Crippen LogP contribution >= 0.6 is 12.4 Å². The Labute approximate surface area is 160 Å². The number of benzene rings is 1. The molecule has 0 aliphatic carbocycles. The molecule has 0 radical (unpaired) electrons. The van der Waals surface area contributed by atoms with Gasteiger partial charge in [0, 0.05) is 5.69 Å². The highest BCUT2D eigenvalue weighted by molar-refractivity contribution is 7.92. The quantitative estimate of drug-likeness (QED) is 0.491. The van der Waals surface area contributed by atoms with Crippen LogP contribution in [-0.2, 0) is 19.6 Å². The number of hydrogen-bond acceptors (Lipinski definition) is 5. The highest BCUT2D eigenvalue weighted by atomic mass is 35.5. The Morgan fingerprint density at radius 3 is 2.38 bits per heavy atom. The summed E-state index contributed by atoms with van der Waals surface area (Å²) >= 11 is 0. The van der Waals surface area contributed by atoms with E-state index in [-0.39, 0.29) is 30.6 Å². The summed E-state index contributed by atoms with van der Waals surface area (Å²) in [6.45, 7) is 5.19. The number of carbonyl (C=O) groups is 2. The zero-order valence-corrected chi connectivity index (χ0v) is 16.7. The van der Waals surface area contributed by atoms with E-state index in [1.54, 1.807) is 25.1 Å². The van der Waals surface area contributed by atoms with Crippen molar-refractivity contribution < 1.29 is 18.0 Å². The molecule has 0 aliphatic rings. The molecular weight excluding hydrogens is 380 g/mol. The van der Waals surface area contributed by atoms with E-state index in [0.29, 0.717) is 17.8 Å². The van der Waals surface area contributed by atoms with E-state index in [4.69, 9.17) is 5.73 Å². The molecule has 2 amide bonds. The van der Waals surface area contributed by atoms with Crippen LogP contribution in [0, 0.1) is 5.92 Å². The van der Waals surface area contributed by atoms with Gasteiger partial charge in [-0.15, -0.1) is 12.4 Å². The first kappa shape index (κ1) is 24.2. The van der Waals surface area contributed by atoms with Crippen molar-refractivity contribution in [3.63, 3.8) is 0 Å². The fourth-order valence-electron chi connectivity index (χ4n) is 1.95. The van der Waals surface area contributed by atoms with Gasteiger partial charge >= 0.3 is 0 Å². The standard InChI is InChI=1S/C16H26N4O4S.ClH/c1-4-8-25(23,24)20-13-7-5-6-12(9-13)19-14(21)10-18-16(22)15(17)11(2)3;/h5-7,9,11,15,20H,4,8,10,17H2,1-3H3,(H,18,22)(H,19,21);1H/t15-;/m0./s1. The monoisotopic (exact) mass is 406 g/mol. The number of anilines is 2. The van der Waals surface area contributed by atoms with Crippen LogP contribution in [0.1, 0.15) is 27.2 Å². The number of hydrogen-bond donors (Lipinski definition) is 4. The summed E-state index contributed by atoms with van der Waals surface area (Å²) in [4.78, 5) is 23.6. The minimum absolute atomic E-state index is 0.